The van der Waals surface area contributed by atoms with E-state index in [0.717, 1.165) is 24.0 Å². The number of anilines is 1. The van der Waals surface area contributed by atoms with E-state index in [-0.39, 0.29) is 16.6 Å². The Morgan fingerprint density at radius 1 is 0.906 bits per heavy atom. The first-order chi connectivity index (χ1) is 15.2. The van der Waals surface area contributed by atoms with Crippen LogP contribution >= 0.6 is 0 Å². The summed E-state index contributed by atoms with van der Waals surface area (Å²) in [5, 5.41) is 0. The highest BCUT2D eigenvalue weighted by Gasteiger charge is 2.20. The molecule has 32 heavy (non-hydrogen) atoms. The van der Waals surface area contributed by atoms with Crippen LogP contribution in [-0.2, 0) is 16.4 Å². The van der Waals surface area contributed by atoms with Crippen LogP contribution in [0.3, 0.4) is 0 Å². The molecule has 0 unspecified atom stereocenters. The number of nitrogens with zero attached hydrogens (tertiary/aromatic N) is 1. The van der Waals surface area contributed by atoms with Gasteiger partial charge in [0.05, 0.1) is 4.90 Å². The number of carbonyl (C=O) groups is 2. The number of hydrogen-bond donors (Lipinski definition) is 1. The van der Waals surface area contributed by atoms with Crippen molar-refractivity contribution in [2.45, 2.75) is 24.2 Å². The zero-order valence-electron chi connectivity index (χ0n) is 18.0. The van der Waals surface area contributed by atoms with Gasteiger partial charge in [-0.1, -0.05) is 30.3 Å². The molecule has 7 heteroatoms. The Morgan fingerprint density at radius 2 is 1.62 bits per heavy atom. The monoisotopic (exact) mass is 448 g/mol. The Labute approximate surface area is 187 Å². The van der Waals surface area contributed by atoms with Gasteiger partial charge in [-0.2, -0.15) is 0 Å². The molecule has 1 amide bonds. The van der Waals surface area contributed by atoms with E-state index in [1.54, 1.807) is 62.6 Å². The minimum Gasteiger partial charge on any atom is -0.345 e. The third-order valence-electron chi connectivity index (χ3n) is 5.51. The number of ketones is 1. The number of benzene rings is 3. The Balaban J connectivity index is 1.63. The summed E-state index contributed by atoms with van der Waals surface area (Å²) in [6, 6.07) is 18.8. The van der Waals surface area contributed by atoms with Crippen molar-refractivity contribution in [3.63, 3.8) is 0 Å². The highest BCUT2D eigenvalue weighted by molar-refractivity contribution is 7.92. The zero-order valence-corrected chi connectivity index (χ0v) is 18.8. The van der Waals surface area contributed by atoms with Gasteiger partial charge >= 0.3 is 0 Å². The average molecular weight is 449 g/mol. The van der Waals surface area contributed by atoms with Crippen molar-refractivity contribution in [2.75, 3.05) is 18.8 Å². The molecule has 0 atom stereocenters. The average Bonchev–Trinajstić information content (AvgIpc) is 2.79. The third-order valence-corrected chi connectivity index (χ3v) is 6.88. The second-order valence-corrected chi connectivity index (χ2v) is 9.74. The van der Waals surface area contributed by atoms with Crippen LogP contribution in [0.1, 0.15) is 39.1 Å². The van der Waals surface area contributed by atoms with E-state index in [0.29, 0.717) is 28.8 Å². The van der Waals surface area contributed by atoms with Crippen LogP contribution in [0.25, 0.3) is 11.1 Å². The van der Waals surface area contributed by atoms with Gasteiger partial charge in [0.2, 0.25) is 0 Å². The van der Waals surface area contributed by atoms with Crippen LogP contribution in [-0.4, -0.2) is 39.1 Å². The minimum atomic E-state index is -3.86. The number of hydrogen-bond acceptors (Lipinski definition) is 4. The van der Waals surface area contributed by atoms with Crippen LogP contribution < -0.4 is 4.72 Å². The van der Waals surface area contributed by atoms with Crippen LogP contribution in [0.2, 0.25) is 0 Å². The smallest absolute Gasteiger partial charge is 0.261 e. The van der Waals surface area contributed by atoms with Crippen LogP contribution in [0, 0.1) is 0 Å². The van der Waals surface area contributed by atoms with Crippen LogP contribution in [0.15, 0.2) is 71.6 Å². The predicted molar refractivity (Wildman–Crippen MR) is 124 cm³/mol. The molecule has 1 aliphatic rings. The summed E-state index contributed by atoms with van der Waals surface area (Å²) in [4.78, 5) is 26.1. The number of aryl methyl sites for hydroxylation is 1. The second-order valence-electron chi connectivity index (χ2n) is 8.06. The fraction of sp³-hybridized carbons (Fsp3) is 0.200. The van der Waals surface area contributed by atoms with Crippen molar-refractivity contribution in [1.29, 1.82) is 0 Å². The third kappa shape index (κ3) is 4.43. The fourth-order valence-electron chi connectivity index (χ4n) is 3.84. The van der Waals surface area contributed by atoms with E-state index in [1.165, 1.54) is 11.0 Å². The molecule has 1 aliphatic carbocycles. The molecule has 0 radical (unpaired) electrons. The number of carbonyl (C=O) groups excluding carboxylic acids is 2. The van der Waals surface area contributed by atoms with Gasteiger partial charge in [0, 0.05) is 37.3 Å². The zero-order chi connectivity index (χ0) is 22.9. The molecule has 3 aromatic carbocycles. The molecule has 6 nitrogen and oxygen atoms in total. The number of nitrogens with one attached hydrogen (secondary N) is 1. The van der Waals surface area contributed by atoms with Crippen molar-refractivity contribution in [3.05, 3.63) is 83.4 Å². The first-order valence-electron chi connectivity index (χ1n) is 10.4. The van der Waals surface area contributed by atoms with E-state index in [4.69, 9.17) is 0 Å². The van der Waals surface area contributed by atoms with Gasteiger partial charge in [-0.15, -0.1) is 0 Å². The van der Waals surface area contributed by atoms with Crippen LogP contribution in [0.4, 0.5) is 5.69 Å². The summed E-state index contributed by atoms with van der Waals surface area (Å²) in [5.74, 6) is -0.0827. The van der Waals surface area contributed by atoms with Crippen LogP contribution in [0.5, 0.6) is 0 Å². The van der Waals surface area contributed by atoms with Crippen molar-refractivity contribution in [3.8, 4) is 11.1 Å². The molecule has 164 valence electrons. The molecule has 0 heterocycles. The van der Waals surface area contributed by atoms with E-state index in [2.05, 4.69) is 4.72 Å². The first-order valence-corrected chi connectivity index (χ1v) is 11.8. The molecule has 0 saturated carbocycles. The lowest BCUT2D eigenvalue weighted by atomic mass is 9.90. The Bertz CT molecular complexity index is 1310. The summed E-state index contributed by atoms with van der Waals surface area (Å²) in [7, 11) is -0.499. The fourth-order valence-corrected chi connectivity index (χ4v) is 4.93. The van der Waals surface area contributed by atoms with E-state index in [9.17, 15) is 18.0 Å². The number of amides is 1. The number of sulfonamides is 1. The Kier molecular flexibility index (Phi) is 5.84. The summed E-state index contributed by atoms with van der Waals surface area (Å²) in [6.07, 6.45) is 2.14. The summed E-state index contributed by atoms with van der Waals surface area (Å²) >= 11 is 0. The van der Waals surface area contributed by atoms with Gasteiger partial charge < -0.3 is 4.90 Å². The summed E-state index contributed by atoms with van der Waals surface area (Å²) < 4.78 is 28.7. The summed E-state index contributed by atoms with van der Waals surface area (Å²) in [6.45, 7) is 0. The van der Waals surface area contributed by atoms with E-state index >= 15 is 0 Å². The van der Waals surface area contributed by atoms with Gasteiger partial charge in [0.1, 0.15) is 0 Å². The number of Topliss-reactive ketones (excluding diaryl/α,β-unsaturated/α-hetero) is 1. The number of fused-ring (bicyclic) bond motifs is 1. The lowest BCUT2D eigenvalue weighted by molar-refractivity contribution is 0.0827. The molecule has 0 aromatic heterocycles. The Morgan fingerprint density at radius 3 is 2.38 bits per heavy atom. The molecule has 4 rings (SSSR count). The molecule has 1 N–H and O–H groups in total. The maximum Gasteiger partial charge on any atom is 0.261 e. The van der Waals surface area contributed by atoms with Gasteiger partial charge in [0.25, 0.3) is 15.9 Å². The van der Waals surface area contributed by atoms with Crippen molar-refractivity contribution in [2.24, 2.45) is 0 Å². The van der Waals surface area contributed by atoms with Gasteiger partial charge in [0.15, 0.2) is 5.78 Å². The topological polar surface area (TPSA) is 83.6 Å². The minimum absolute atomic E-state index is 0.0430. The van der Waals surface area contributed by atoms with Crippen molar-refractivity contribution < 1.29 is 18.0 Å². The lowest BCUT2D eigenvalue weighted by Gasteiger charge is -2.16. The quantitative estimate of drug-likeness (QED) is 0.628. The molecular weight excluding hydrogens is 424 g/mol. The second kappa shape index (κ2) is 8.59. The maximum atomic E-state index is 13.0. The highest BCUT2D eigenvalue weighted by atomic mass is 32.2. The first kappa shape index (κ1) is 21.8. The SMILES string of the molecule is CN(C)C(=O)c1cccc(-c2cccc(S(=O)(=O)Nc3ccc4c(c3)C(=O)CCC4)c2)c1. The predicted octanol–water partition coefficient (Wildman–Crippen LogP) is 4.38. The van der Waals surface area contributed by atoms with Gasteiger partial charge in [-0.05, 0) is 65.9 Å². The molecule has 0 saturated heterocycles. The standard InChI is InChI=1S/C25H24N2O4S/c1-27(2)25(29)20-9-3-7-18(14-20)19-8-4-10-22(15-19)32(30,31)26-21-13-12-17-6-5-11-24(28)23(17)16-21/h3-4,7-10,12-16,26H,5-6,11H2,1-2H3. The largest absolute Gasteiger partial charge is 0.345 e. The molecule has 0 fully saturated rings. The van der Waals surface area contributed by atoms with E-state index < -0.39 is 10.0 Å². The van der Waals surface area contributed by atoms with Crippen molar-refractivity contribution in [1.82, 2.24) is 4.90 Å². The van der Waals surface area contributed by atoms with Crippen molar-refractivity contribution >= 4 is 27.4 Å². The summed E-state index contributed by atoms with van der Waals surface area (Å²) in [5.41, 5.74) is 3.86. The highest BCUT2D eigenvalue weighted by Crippen LogP contribution is 2.28. The Hall–Kier alpha value is -3.45. The van der Waals surface area contributed by atoms with Gasteiger partial charge in [-0.3, -0.25) is 14.3 Å². The van der Waals surface area contributed by atoms with Gasteiger partial charge in [-0.25, -0.2) is 8.42 Å². The lowest BCUT2D eigenvalue weighted by Crippen LogP contribution is -2.21. The molecule has 0 bridgehead atoms. The van der Waals surface area contributed by atoms with E-state index in [1.807, 2.05) is 12.1 Å². The molecule has 3 aromatic rings. The number of rotatable bonds is 5. The normalized spacial score (nSPS) is 13.4. The molecule has 0 aliphatic heterocycles. The molecular formula is C25H24N2O4S. The maximum absolute atomic E-state index is 13.0. The molecule has 0 spiro atoms.